The van der Waals surface area contributed by atoms with Crippen molar-refractivity contribution in [3.63, 3.8) is 0 Å². The number of aliphatic hydroxyl groups is 1. The topological polar surface area (TPSA) is 75.8 Å². The molecule has 1 N–H and O–H groups in total. The third kappa shape index (κ3) is 4.02. The summed E-state index contributed by atoms with van der Waals surface area (Å²) in [4.78, 5) is 11.6. The smallest absolute Gasteiger partial charge is 0.294 e. The Kier molecular flexibility index (Phi) is 5.46. The van der Waals surface area contributed by atoms with Crippen molar-refractivity contribution in [1.29, 1.82) is 0 Å². The first kappa shape index (κ1) is 15.6. The number of hydrogen-bond acceptors (Lipinski definition) is 5. The first-order chi connectivity index (χ1) is 8.86. The third-order valence-electron chi connectivity index (χ3n) is 2.47. The van der Waals surface area contributed by atoms with Crippen molar-refractivity contribution in [2.24, 2.45) is 0 Å². The number of benzene rings is 1. The van der Waals surface area contributed by atoms with E-state index in [1.54, 1.807) is 0 Å². The van der Waals surface area contributed by atoms with Gasteiger partial charge in [0.2, 0.25) is 0 Å². The van der Waals surface area contributed by atoms with E-state index in [4.69, 9.17) is 16.3 Å². The van der Waals surface area contributed by atoms with Gasteiger partial charge in [-0.1, -0.05) is 11.6 Å². The monoisotopic (exact) mass is 292 g/mol. The van der Waals surface area contributed by atoms with Crippen LogP contribution in [0.1, 0.15) is 0 Å². The van der Waals surface area contributed by atoms with Crippen molar-refractivity contribution >= 4 is 23.0 Å². The van der Waals surface area contributed by atoms with Gasteiger partial charge < -0.3 is 14.7 Å². The van der Waals surface area contributed by atoms with E-state index in [0.717, 1.165) is 12.1 Å². The molecule has 1 aromatic carbocycles. The molecule has 8 heteroatoms. The normalized spacial score (nSPS) is 12.3. The minimum Gasteiger partial charge on any atom is -0.389 e. The highest BCUT2D eigenvalue weighted by Gasteiger charge is 2.22. The number of nitrogens with zero attached hydrogens (tertiary/aromatic N) is 2. The Morgan fingerprint density at radius 1 is 1.63 bits per heavy atom. The van der Waals surface area contributed by atoms with Crippen molar-refractivity contribution in [3.05, 3.63) is 33.1 Å². The minimum absolute atomic E-state index is 0.0436. The van der Waals surface area contributed by atoms with Crippen LogP contribution in [-0.2, 0) is 4.74 Å². The zero-order valence-electron chi connectivity index (χ0n) is 10.5. The number of halogens is 2. The number of likely N-dealkylation sites (N-methyl/N-ethyl adjacent to an activating group) is 1. The predicted molar refractivity (Wildman–Crippen MR) is 69.2 cm³/mol. The van der Waals surface area contributed by atoms with Gasteiger partial charge in [0.25, 0.3) is 5.69 Å². The number of aliphatic hydroxyl groups excluding tert-OH is 1. The zero-order chi connectivity index (χ0) is 14.6. The summed E-state index contributed by atoms with van der Waals surface area (Å²) >= 11 is 5.52. The average Bonchev–Trinajstić information content (AvgIpc) is 2.31. The van der Waals surface area contributed by atoms with Crippen LogP contribution in [-0.4, -0.2) is 43.4 Å². The van der Waals surface area contributed by atoms with Gasteiger partial charge in [-0.25, -0.2) is 4.39 Å². The highest BCUT2D eigenvalue weighted by molar-refractivity contribution is 6.31. The fraction of sp³-hybridized carbons (Fsp3) is 0.455. The van der Waals surface area contributed by atoms with Crippen LogP contribution in [0.2, 0.25) is 5.02 Å². The van der Waals surface area contributed by atoms with Gasteiger partial charge in [0.15, 0.2) is 0 Å². The van der Waals surface area contributed by atoms with Crippen molar-refractivity contribution in [1.82, 2.24) is 0 Å². The lowest BCUT2D eigenvalue weighted by molar-refractivity contribution is -0.384. The minimum atomic E-state index is -0.839. The Balaban J connectivity index is 3.04. The van der Waals surface area contributed by atoms with Crippen molar-refractivity contribution in [3.8, 4) is 0 Å². The SMILES string of the molecule is COCC(O)CN(C)c1cc(F)c(Cl)cc1[N+](=O)[O-]. The maximum atomic E-state index is 13.4. The van der Waals surface area contributed by atoms with Gasteiger partial charge in [-0.15, -0.1) is 0 Å². The van der Waals surface area contributed by atoms with E-state index in [9.17, 15) is 19.6 Å². The van der Waals surface area contributed by atoms with Crippen LogP contribution in [0, 0.1) is 15.9 Å². The van der Waals surface area contributed by atoms with Gasteiger partial charge in [0.1, 0.15) is 11.5 Å². The zero-order valence-corrected chi connectivity index (χ0v) is 11.2. The molecule has 0 spiro atoms. The second-order valence-electron chi connectivity index (χ2n) is 4.00. The lowest BCUT2D eigenvalue weighted by atomic mass is 10.2. The molecule has 0 bridgehead atoms. The molecular weight excluding hydrogens is 279 g/mol. The standard InChI is InChI=1S/C11H14ClFN2O4/c1-14(5-7(16)6-19-2)10-4-9(13)8(12)3-11(10)15(17)18/h3-4,7,16H,5-6H2,1-2H3. The third-order valence-corrected chi connectivity index (χ3v) is 2.76. The summed E-state index contributed by atoms with van der Waals surface area (Å²) in [6, 6.07) is 1.92. The molecule has 1 rings (SSSR count). The van der Waals surface area contributed by atoms with E-state index in [2.05, 4.69) is 0 Å². The molecule has 106 valence electrons. The van der Waals surface area contributed by atoms with Crippen LogP contribution in [0.4, 0.5) is 15.8 Å². The molecule has 0 heterocycles. The van der Waals surface area contributed by atoms with E-state index < -0.39 is 16.8 Å². The fourth-order valence-corrected chi connectivity index (χ4v) is 1.80. The molecule has 0 radical (unpaired) electrons. The van der Waals surface area contributed by atoms with Gasteiger partial charge in [-0.2, -0.15) is 0 Å². The molecule has 0 aliphatic carbocycles. The summed E-state index contributed by atoms with van der Waals surface area (Å²) in [7, 11) is 2.93. The molecule has 19 heavy (non-hydrogen) atoms. The second-order valence-corrected chi connectivity index (χ2v) is 4.41. The molecule has 0 aromatic heterocycles. The van der Waals surface area contributed by atoms with Crippen molar-refractivity contribution in [2.45, 2.75) is 6.10 Å². The van der Waals surface area contributed by atoms with Crippen molar-refractivity contribution < 1.29 is 19.2 Å². The molecule has 1 atom stereocenters. The van der Waals surface area contributed by atoms with Gasteiger partial charge in [0, 0.05) is 32.8 Å². The van der Waals surface area contributed by atoms with Crippen molar-refractivity contribution in [2.75, 3.05) is 32.2 Å². The quantitative estimate of drug-likeness (QED) is 0.639. The van der Waals surface area contributed by atoms with Gasteiger partial charge in [-0.05, 0) is 0 Å². The Morgan fingerprint density at radius 2 is 2.26 bits per heavy atom. The van der Waals surface area contributed by atoms with Crippen LogP contribution >= 0.6 is 11.6 Å². The second kappa shape index (κ2) is 6.65. The summed E-state index contributed by atoms with van der Waals surface area (Å²) in [6.07, 6.45) is -0.839. The number of methoxy groups -OCH3 is 1. The summed E-state index contributed by atoms with van der Waals surface area (Å²) in [5.74, 6) is -0.754. The van der Waals surface area contributed by atoms with E-state index in [1.165, 1.54) is 19.1 Å². The number of anilines is 1. The molecular formula is C11H14ClFN2O4. The van der Waals surface area contributed by atoms with Crippen LogP contribution < -0.4 is 4.90 Å². The Hall–Kier alpha value is -1.44. The first-order valence-corrected chi connectivity index (χ1v) is 5.76. The summed E-state index contributed by atoms with van der Waals surface area (Å²) in [5.41, 5.74) is -0.277. The van der Waals surface area contributed by atoms with Crippen LogP contribution in [0.5, 0.6) is 0 Å². The number of nitro benzene ring substituents is 1. The number of ether oxygens (including phenoxy) is 1. The highest BCUT2D eigenvalue weighted by atomic mass is 35.5. The lowest BCUT2D eigenvalue weighted by Crippen LogP contribution is -2.32. The summed E-state index contributed by atoms with van der Waals surface area (Å²) in [6.45, 7) is 0.143. The van der Waals surface area contributed by atoms with Crippen LogP contribution in [0.3, 0.4) is 0 Å². The molecule has 1 aromatic rings. The van der Waals surface area contributed by atoms with Crippen LogP contribution in [0.25, 0.3) is 0 Å². The fourth-order valence-electron chi connectivity index (χ4n) is 1.64. The van der Waals surface area contributed by atoms with E-state index in [0.29, 0.717) is 0 Å². The molecule has 6 nitrogen and oxygen atoms in total. The van der Waals surface area contributed by atoms with Crippen LogP contribution in [0.15, 0.2) is 12.1 Å². The molecule has 0 amide bonds. The van der Waals surface area contributed by atoms with Gasteiger partial charge >= 0.3 is 0 Å². The number of hydrogen-bond donors (Lipinski definition) is 1. The molecule has 1 unspecified atom stereocenters. The first-order valence-electron chi connectivity index (χ1n) is 5.38. The number of rotatable bonds is 6. The molecule has 0 saturated carbocycles. The van der Waals surface area contributed by atoms with E-state index in [1.807, 2.05) is 0 Å². The maximum absolute atomic E-state index is 13.4. The average molecular weight is 293 g/mol. The largest absolute Gasteiger partial charge is 0.389 e. The maximum Gasteiger partial charge on any atom is 0.294 e. The predicted octanol–water partition coefficient (Wildman–Crippen LogP) is 1.83. The lowest BCUT2D eigenvalue weighted by Gasteiger charge is -2.22. The molecule has 0 aliphatic heterocycles. The Morgan fingerprint density at radius 3 is 2.79 bits per heavy atom. The summed E-state index contributed by atoms with van der Waals surface area (Å²) < 4.78 is 18.2. The molecule has 0 saturated heterocycles. The van der Waals surface area contributed by atoms with Gasteiger partial charge in [-0.3, -0.25) is 10.1 Å². The van der Waals surface area contributed by atoms with E-state index >= 15 is 0 Å². The number of nitro groups is 1. The van der Waals surface area contributed by atoms with Gasteiger partial charge in [0.05, 0.1) is 22.7 Å². The van der Waals surface area contributed by atoms with E-state index in [-0.39, 0.29) is 29.5 Å². The Bertz CT molecular complexity index is 472. The Labute approximate surface area is 114 Å². The summed E-state index contributed by atoms with van der Waals surface area (Å²) in [5, 5.41) is 20.2. The highest BCUT2D eigenvalue weighted by Crippen LogP contribution is 2.32. The molecule has 0 fully saturated rings. The molecule has 0 aliphatic rings.